The van der Waals surface area contributed by atoms with E-state index in [0.717, 1.165) is 37.0 Å². The van der Waals surface area contributed by atoms with E-state index in [4.69, 9.17) is 5.11 Å². The molecule has 0 atom stereocenters. The molecule has 0 spiro atoms. The molecule has 3 heteroatoms. The molecule has 0 unspecified atom stereocenters. The van der Waals surface area contributed by atoms with Crippen molar-refractivity contribution in [2.24, 2.45) is 11.8 Å². The zero-order valence-corrected chi connectivity index (χ0v) is 10.6. The number of rotatable bonds is 4. The van der Waals surface area contributed by atoms with Gasteiger partial charge in [0.15, 0.2) is 0 Å². The van der Waals surface area contributed by atoms with Gasteiger partial charge in [-0.1, -0.05) is 19.4 Å². The van der Waals surface area contributed by atoms with Gasteiger partial charge in [-0.3, -0.25) is 4.90 Å². The van der Waals surface area contributed by atoms with Crippen molar-refractivity contribution in [3.63, 3.8) is 0 Å². The van der Waals surface area contributed by atoms with E-state index in [1.165, 1.54) is 18.9 Å². The molecule has 0 aromatic heterocycles. The van der Waals surface area contributed by atoms with E-state index in [-0.39, 0.29) is 0 Å². The SMILES string of the molecule is CC(=CC(=O)O)CN1CCC(C(C)C)CC1. The van der Waals surface area contributed by atoms with Crippen LogP contribution in [-0.2, 0) is 4.79 Å². The van der Waals surface area contributed by atoms with Crippen molar-refractivity contribution in [2.45, 2.75) is 33.6 Å². The third-order valence-electron chi connectivity index (χ3n) is 3.42. The summed E-state index contributed by atoms with van der Waals surface area (Å²) in [7, 11) is 0. The Labute approximate surface area is 98.1 Å². The fourth-order valence-corrected chi connectivity index (χ4v) is 2.39. The predicted octanol–water partition coefficient (Wildman–Crippen LogP) is 2.39. The van der Waals surface area contributed by atoms with Gasteiger partial charge in [-0.05, 0) is 44.7 Å². The first kappa shape index (κ1) is 13.2. The predicted molar refractivity (Wildman–Crippen MR) is 65.4 cm³/mol. The standard InChI is InChI=1S/C13H23NO2/c1-10(2)12-4-6-14(7-5-12)9-11(3)8-13(15)16/h8,10,12H,4-7,9H2,1-3H3,(H,15,16). The van der Waals surface area contributed by atoms with Crippen LogP contribution in [0.5, 0.6) is 0 Å². The summed E-state index contributed by atoms with van der Waals surface area (Å²) in [5.41, 5.74) is 0.940. The monoisotopic (exact) mass is 225 g/mol. The average Bonchev–Trinajstić information content (AvgIpc) is 2.16. The molecule has 1 fully saturated rings. The smallest absolute Gasteiger partial charge is 0.328 e. The average molecular weight is 225 g/mol. The minimum Gasteiger partial charge on any atom is -0.478 e. The van der Waals surface area contributed by atoms with E-state index < -0.39 is 5.97 Å². The van der Waals surface area contributed by atoms with Gasteiger partial charge >= 0.3 is 5.97 Å². The maximum Gasteiger partial charge on any atom is 0.328 e. The number of carbonyl (C=O) groups is 1. The van der Waals surface area contributed by atoms with Gasteiger partial charge in [0, 0.05) is 12.6 Å². The van der Waals surface area contributed by atoms with Crippen LogP contribution in [0, 0.1) is 11.8 Å². The molecule has 0 amide bonds. The molecular formula is C13H23NO2. The Morgan fingerprint density at radius 1 is 1.44 bits per heavy atom. The summed E-state index contributed by atoms with van der Waals surface area (Å²) in [5.74, 6) is 0.785. The molecule has 0 radical (unpaired) electrons. The van der Waals surface area contributed by atoms with Gasteiger partial charge in [-0.15, -0.1) is 0 Å². The molecule has 92 valence electrons. The topological polar surface area (TPSA) is 40.5 Å². The zero-order chi connectivity index (χ0) is 12.1. The van der Waals surface area contributed by atoms with Crippen molar-refractivity contribution in [2.75, 3.05) is 19.6 Å². The van der Waals surface area contributed by atoms with Crippen molar-refractivity contribution >= 4 is 5.97 Å². The van der Waals surface area contributed by atoms with Crippen LogP contribution in [0.2, 0.25) is 0 Å². The number of aliphatic carboxylic acids is 1. The van der Waals surface area contributed by atoms with E-state index in [1.807, 2.05) is 6.92 Å². The lowest BCUT2D eigenvalue weighted by molar-refractivity contribution is -0.131. The second-order valence-corrected chi connectivity index (χ2v) is 5.19. The minimum absolute atomic E-state index is 0.776. The molecule has 3 nitrogen and oxygen atoms in total. The molecule has 1 heterocycles. The highest BCUT2D eigenvalue weighted by atomic mass is 16.4. The van der Waals surface area contributed by atoms with Crippen LogP contribution in [0.25, 0.3) is 0 Å². The van der Waals surface area contributed by atoms with Crippen LogP contribution in [0.3, 0.4) is 0 Å². The molecule has 0 aromatic rings. The van der Waals surface area contributed by atoms with Crippen LogP contribution in [-0.4, -0.2) is 35.6 Å². The van der Waals surface area contributed by atoms with Crippen LogP contribution in [0.1, 0.15) is 33.6 Å². The largest absolute Gasteiger partial charge is 0.478 e. The van der Waals surface area contributed by atoms with Gasteiger partial charge in [-0.25, -0.2) is 4.79 Å². The van der Waals surface area contributed by atoms with Crippen molar-refractivity contribution < 1.29 is 9.90 Å². The lowest BCUT2D eigenvalue weighted by atomic mass is 9.86. The maximum atomic E-state index is 10.5. The van der Waals surface area contributed by atoms with Gasteiger partial charge in [0.1, 0.15) is 0 Å². The fraction of sp³-hybridized carbons (Fsp3) is 0.769. The second kappa shape index (κ2) is 6.04. The molecule has 1 aliphatic heterocycles. The van der Waals surface area contributed by atoms with E-state index >= 15 is 0 Å². The quantitative estimate of drug-likeness (QED) is 0.747. The molecule has 0 aliphatic carbocycles. The molecule has 1 saturated heterocycles. The zero-order valence-electron chi connectivity index (χ0n) is 10.6. The Morgan fingerprint density at radius 2 is 2.00 bits per heavy atom. The molecule has 1 aliphatic rings. The fourth-order valence-electron chi connectivity index (χ4n) is 2.39. The highest BCUT2D eigenvalue weighted by Crippen LogP contribution is 2.24. The number of hydrogen-bond donors (Lipinski definition) is 1. The number of piperidine rings is 1. The minimum atomic E-state index is -0.838. The summed E-state index contributed by atoms with van der Waals surface area (Å²) in [5, 5.41) is 8.63. The Bertz CT molecular complexity index is 263. The van der Waals surface area contributed by atoms with Gasteiger partial charge in [0.25, 0.3) is 0 Å². The van der Waals surface area contributed by atoms with Crippen LogP contribution >= 0.6 is 0 Å². The van der Waals surface area contributed by atoms with Gasteiger partial charge in [0.05, 0.1) is 0 Å². The Kier molecular flexibility index (Phi) is 5.00. The van der Waals surface area contributed by atoms with Crippen LogP contribution < -0.4 is 0 Å². The Morgan fingerprint density at radius 3 is 2.44 bits per heavy atom. The molecule has 0 aromatic carbocycles. The van der Waals surface area contributed by atoms with Crippen LogP contribution in [0.15, 0.2) is 11.6 Å². The van der Waals surface area contributed by atoms with E-state index in [9.17, 15) is 4.79 Å². The molecule has 0 bridgehead atoms. The lowest BCUT2D eigenvalue weighted by Gasteiger charge is -2.33. The van der Waals surface area contributed by atoms with E-state index in [0.29, 0.717) is 0 Å². The normalized spacial score (nSPS) is 20.4. The summed E-state index contributed by atoms with van der Waals surface area (Å²) in [4.78, 5) is 12.9. The number of hydrogen-bond acceptors (Lipinski definition) is 2. The van der Waals surface area contributed by atoms with Crippen molar-refractivity contribution in [1.29, 1.82) is 0 Å². The first-order valence-corrected chi connectivity index (χ1v) is 6.11. The summed E-state index contributed by atoms with van der Waals surface area (Å²) >= 11 is 0. The summed E-state index contributed by atoms with van der Waals surface area (Å²) in [6.45, 7) is 9.48. The molecule has 0 saturated carbocycles. The van der Waals surface area contributed by atoms with Gasteiger partial charge in [0.2, 0.25) is 0 Å². The molecule has 16 heavy (non-hydrogen) atoms. The number of likely N-dealkylation sites (tertiary alicyclic amines) is 1. The summed E-state index contributed by atoms with van der Waals surface area (Å²) < 4.78 is 0. The maximum absolute atomic E-state index is 10.5. The van der Waals surface area contributed by atoms with E-state index in [1.54, 1.807) is 0 Å². The lowest BCUT2D eigenvalue weighted by Crippen LogP contribution is -2.36. The highest BCUT2D eigenvalue weighted by Gasteiger charge is 2.21. The molecular weight excluding hydrogens is 202 g/mol. The molecule has 1 rings (SSSR count). The first-order valence-electron chi connectivity index (χ1n) is 6.11. The highest BCUT2D eigenvalue weighted by molar-refractivity contribution is 5.80. The summed E-state index contributed by atoms with van der Waals surface area (Å²) in [6, 6.07) is 0. The summed E-state index contributed by atoms with van der Waals surface area (Å²) in [6.07, 6.45) is 3.81. The van der Waals surface area contributed by atoms with Crippen molar-refractivity contribution in [3.05, 3.63) is 11.6 Å². The van der Waals surface area contributed by atoms with Gasteiger partial charge in [-0.2, -0.15) is 0 Å². The number of carboxylic acids is 1. The Balaban J connectivity index is 2.35. The Hall–Kier alpha value is -0.830. The third-order valence-corrected chi connectivity index (χ3v) is 3.42. The third kappa shape index (κ3) is 4.35. The van der Waals surface area contributed by atoms with Gasteiger partial charge < -0.3 is 5.11 Å². The van der Waals surface area contributed by atoms with Crippen LogP contribution in [0.4, 0.5) is 0 Å². The number of nitrogens with zero attached hydrogens (tertiary/aromatic N) is 1. The first-order chi connectivity index (χ1) is 7.49. The number of carboxylic acid groups (broad SMARTS) is 1. The van der Waals surface area contributed by atoms with Crippen molar-refractivity contribution in [3.8, 4) is 0 Å². The van der Waals surface area contributed by atoms with E-state index in [2.05, 4.69) is 18.7 Å². The van der Waals surface area contributed by atoms with Crippen molar-refractivity contribution in [1.82, 2.24) is 4.90 Å². The molecule has 1 N–H and O–H groups in total. The second-order valence-electron chi connectivity index (χ2n) is 5.19.